The molecule has 0 aliphatic carbocycles. The van der Waals surface area contributed by atoms with Crippen LogP contribution in [-0.2, 0) is 13.5 Å². The van der Waals surface area contributed by atoms with Crippen molar-refractivity contribution < 1.29 is 0 Å². The number of hydrogen-bond acceptors (Lipinski definition) is 1. The summed E-state index contributed by atoms with van der Waals surface area (Å²) in [5.41, 5.74) is 1.18. The summed E-state index contributed by atoms with van der Waals surface area (Å²) in [6.07, 6.45) is 5.45. The van der Waals surface area contributed by atoms with E-state index in [0.29, 0.717) is 0 Å². The third kappa shape index (κ3) is 3.14. The summed E-state index contributed by atoms with van der Waals surface area (Å²) in [5, 5.41) is 0. The molecular weight excluding hydrogens is 228 g/mol. The van der Waals surface area contributed by atoms with E-state index in [2.05, 4.69) is 34.8 Å². The van der Waals surface area contributed by atoms with Gasteiger partial charge < -0.3 is 4.57 Å². The molecule has 0 aromatic carbocycles. The summed E-state index contributed by atoms with van der Waals surface area (Å²) in [6, 6.07) is 0. The SMILES string of the molecule is CC(C)CCCc1ncn(C)c1Br. The molecule has 1 rings (SSSR count). The fourth-order valence-corrected chi connectivity index (χ4v) is 1.70. The van der Waals surface area contributed by atoms with Crippen molar-refractivity contribution in [1.82, 2.24) is 9.55 Å². The Labute approximate surface area is 88.5 Å². The predicted octanol–water partition coefficient (Wildman–Crippen LogP) is 3.16. The number of aryl methyl sites for hydroxylation is 2. The Kier molecular flexibility index (Phi) is 3.97. The topological polar surface area (TPSA) is 17.8 Å². The van der Waals surface area contributed by atoms with Gasteiger partial charge in [-0.1, -0.05) is 20.3 Å². The number of imidazole rings is 1. The fourth-order valence-electron chi connectivity index (χ4n) is 1.31. The van der Waals surface area contributed by atoms with Crippen LogP contribution in [0.2, 0.25) is 0 Å². The molecule has 0 saturated heterocycles. The maximum absolute atomic E-state index is 4.33. The van der Waals surface area contributed by atoms with Gasteiger partial charge in [0, 0.05) is 7.05 Å². The normalized spacial score (nSPS) is 11.2. The maximum Gasteiger partial charge on any atom is 0.107 e. The standard InChI is InChI=1S/C10H17BrN2/c1-8(2)5-4-6-9-10(11)13(3)7-12-9/h7-8H,4-6H2,1-3H3. The van der Waals surface area contributed by atoms with Gasteiger partial charge in [-0.25, -0.2) is 4.98 Å². The van der Waals surface area contributed by atoms with Crippen LogP contribution in [0.15, 0.2) is 10.9 Å². The molecule has 1 heterocycles. The molecule has 0 N–H and O–H groups in total. The summed E-state index contributed by atoms with van der Waals surface area (Å²) in [5.74, 6) is 0.794. The maximum atomic E-state index is 4.33. The van der Waals surface area contributed by atoms with Crippen molar-refractivity contribution in [2.45, 2.75) is 33.1 Å². The minimum Gasteiger partial charge on any atom is -0.328 e. The first-order chi connectivity index (χ1) is 6.11. The molecule has 0 atom stereocenters. The number of rotatable bonds is 4. The van der Waals surface area contributed by atoms with Gasteiger partial charge in [-0.3, -0.25) is 0 Å². The van der Waals surface area contributed by atoms with Gasteiger partial charge >= 0.3 is 0 Å². The molecule has 0 aliphatic heterocycles. The minimum absolute atomic E-state index is 0.794. The van der Waals surface area contributed by atoms with E-state index in [1.807, 2.05) is 17.9 Å². The van der Waals surface area contributed by atoms with Crippen LogP contribution in [0.5, 0.6) is 0 Å². The highest BCUT2D eigenvalue weighted by molar-refractivity contribution is 9.10. The van der Waals surface area contributed by atoms with Gasteiger partial charge in [0.2, 0.25) is 0 Å². The second-order valence-electron chi connectivity index (χ2n) is 3.88. The van der Waals surface area contributed by atoms with E-state index in [0.717, 1.165) is 16.9 Å². The van der Waals surface area contributed by atoms with Gasteiger partial charge in [0.25, 0.3) is 0 Å². The van der Waals surface area contributed by atoms with Crippen LogP contribution < -0.4 is 0 Å². The number of halogens is 1. The molecule has 0 unspecified atom stereocenters. The molecule has 0 saturated carbocycles. The average molecular weight is 245 g/mol. The molecule has 0 aliphatic rings. The van der Waals surface area contributed by atoms with Gasteiger partial charge in [0.15, 0.2) is 0 Å². The van der Waals surface area contributed by atoms with Gasteiger partial charge in [-0.15, -0.1) is 0 Å². The second kappa shape index (κ2) is 4.80. The third-order valence-corrected chi connectivity index (χ3v) is 3.15. The van der Waals surface area contributed by atoms with E-state index in [1.165, 1.54) is 18.5 Å². The van der Waals surface area contributed by atoms with Crippen molar-refractivity contribution in [2.75, 3.05) is 0 Å². The van der Waals surface area contributed by atoms with Crippen LogP contribution in [0.1, 0.15) is 32.4 Å². The van der Waals surface area contributed by atoms with E-state index < -0.39 is 0 Å². The van der Waals surface area contributed by atoms with Crippen molar-refractivity contribution in [1.29, 1.82) is 0 Å². The van der Waals surface area contributed by atoms with Gasteiger partial charge in [-0.2, -0.15) is 0 Å². The van der Waals surface area contributed by atoms with Crippen molar-refractivity contribution in [2.24, 2.45) is 13.0 Å². The highest BCUT2D eigenvalue weighted by atomic mass is 79.9. The quantitative estimate of drug-likeness (QED) is 0.796. The van der Waals surface area contributed by atoms with E-state index in [9.17, 15) is 0 Å². The third-order valence-electron chi connectivity index (χ3n) is 2.13. The summed E-state index contributed by atoms with van der Waals surface area (Å²) in [6.45, 7) is 4.51. The average Bonchev–Trinajstić information content (AvgIpc) is 2.35. The summed E-state index contributed by atoms with van der Waals surface area (Å²) in [7, 11) is 2.00. The van der Waals surface area contributed by atoms with Gasteiger partial charge in [0.1, 0.15) is 4.60 Å². The zero-order valence-corrected chi connectivity index (χ0v) is 10.1. The molecule has 0 amide bonds. The Morgan fingerprint density at radius 3 is 2.69 bits per heavy atom. The van der Waals surface area contributed by atoms with E-state index in [-0.39, 0.29) is 0 Å². The number of hydrogen-bond donors (Lipinski definition) is 0. The van der Waals surface area contributed by atoms with Gasteiger partial charge in [0.05, 0.1) is 12.0 Å². The van der Waals surface area contributed by atoms with Crippen molar-refractivity contribution in [3.8, 4) is 0 Å². The lowest BCUT2D eigenvalue weighted by Gasteiger charge is -2.02. The highest BCUT2D eigenvalue weighted by Crippen LogP contribution is 2.17. The lowest BCUT2D eigenvalue weighted by Crippen LogP contribution is -1.92. The first-order valence-corrected chi connectivity index (χ1v) is 5.56. The lowest BCUT2D eigenvalue weighted by molar-refractivity contribution is 0.553. The molecule has 0 bridgehead atoms. The van der Waals surface area contributed by atoms with Crippen molar-refractivity contribution >= 4 is 15.9 Å². The van der Waals surface area contributed by atoms with Crippen molar-refractivity contribution in [3.63, 3.8) is 0 Å². The smallest absolute Gasteiger partial charge is 0.107 e. The Hall–Kier alpha value is -0.310. The van der Waals surface area contributed by atoms with Crippen LogP contribution in [0.25, 0.3) is 0 Å². The minimum atomic E-state index is 0.794. The van der Waals surface area contributed by atoms with Crippen LogP contribution >= 0.6 is 15.9 Å². The molecule has 1 aromatic rings. The molecule has 0 spiro atoms. The van der Waals surface area contributed by atoms with E-state index in [1.54, 1.807) is 0 Å². The first-order valence-electron chi connectivity index (χ1n) is 4.77. The zero-order chi connectivity index (χ0) is 9.84. The predicted molar refractivity (Wildman–Crippen MR) is 58.7 cm³/mol. The molecular formula is C10H17BrN2. The van der Waals surface area contributed by atoms with E-state index in [4.69, 9.17) is 0 Å². The summed E-state index contributed by atoms with van der Waals surface area (Å²) >= 11 is 3.52. The summed E-state index contributed by atoms with van der Waals surface area (Å²) in [4.78, 5) is 4.33. The fraction of sp³-hybridized carbons (Fsp3) is 0.700. The van der Waals surface area contributed by atoms with E-state index >= 15 is 0 Å². The number of aromatic nitrogens is 2. The molecule has 0 fully saturated rings. The second-order valence-corrected chi connectivity index (χ2v) is 4.63. The van der Waals surface area contributed by atoms with Crippen LogP contribution in [-0.4, -0.2) is 9.55 Å². The molecule has 0 radical (unpaired) electrons. The van der Waals surface area contributed by atoms with Crippen LogP contribution in [0, 0.1) is 5.92 Å². The molecule has 74 valence electrons. The molecule has 1 aromatic heterocycles. The molecule has 13 heavy (non-hydrogen) atoms. The first kappa shape index (κ1) is 10.8. The van der Waals surface area contributed by atoms with Gasteiger partial charge in [-0.05, 0) is 34.7 Å². The zero-order valence-electron chi connectivity index (χ0n) is 8.55. The van der Waals surface area contributed by atoms with Crippen LogP contribution in [0.3, 0.4) is 0 Å². The summed E-state index contributed by atoms with van der Waals surface area (Å²) < 4.78 is 3.13. The van der Waals surface area contributed by atoms with Crippen LogP contribution in [0.4, 0.5) is 0 Å². The molecule has 3 heteroatoms. The Bertz CT molecular complexity index is 266. The Balaban J connectivity index is 2.41. The number of nitrogens with zero attached hydrogens (tertiary/aromatic N) is 2. The Morgan fingerprint density at radius 2 is 2.23 bits per heavy atom. The largest absolute Gasteiger partial charge is 0.328 e. The monoisotopic (exact) mass is 244 g/mol. The van der Waals surface area contributed by atoms with Crippen molar-refractivity contribution in [3.05, 3.63) is 16.6 Å². The Morgan fingerprint density at radius 1 is 1.54 bits per heavy atom. The molecule has 2 nitrogen and oxygen atoms in total. The lowest BCUT2D eigenvalue weighted by atomic mass is 10.1. The highest BCUT2D eigenvalue weighted by Gasteiger charge is 2.05.